The molecular formula is C14H16ClN5. The fourth-order valence-electron chi connectivity index (χ4n) is 2.04. The highest BCUT2D eigenvalue weighted by molar-refractivity contribution is 6.06. The van der Waals surface area contributed by atoms with Crippen molar-refractivity contribution in [3.8, 4) is 0 Å². The molecule has 3 rings (SSSR count). The van der Waals surface area contributed by atoms with E-state index in [-0.39, 0.29) is 12.4 Å². The average Bonchev–Trinajstić information content (AvgIpc) is 2.45. The maximum absolute atomic E-state index is 5.69. The van der Waals surface area contributed by atoms with Crippen LogP contribution in [0.3, 0.4) is 0 Å². The Morgan fingerprint density at radius 3 is 2.75 bits per heavy atom. The number of pyridine rings is 1. The third-order valence-electron chi connectivity index (χ3n) is 2.98. The summed E-state index contributed by atoms with van der Waals surface area (Å²) < 4.78 is 0. The number of nitrogens with two attached hydrogens (primary N) is 1. The summed E-state index contributed by atoms with van der Waals surface area (Å²) in [5.41, 5.74) is 11.7. The van der Waals surface area contributed by atoms with E-state index in [1.54, 1.807) is 6.07 Å². The Morgan fingerprint density at radius 1 is 1.15 bits per heavy atom. The number of nitrogens with zero attached hydrogens (tertiary/aromatic N) is 2. The van der Waals surface area contributed by atoms with Crippen molar-refractivity contribution in [3.63, 3.8) is 0 Å². The van der Waals surface area contributed by atoms with Gasteiger partial charge in [0.1, 0.15) is 11.6 Å². The summed E-state index contributed by atoms with van der Waals surface area (Å²) in [6.45, 7) is 0.818. The lowest BCUT2D eigenvalue weighted by molar-refractivity contribution is 1.04. The molecule has 104 valence electrons. The Kier molecular flexibility index (Phi) is 4.42. The second-order valence-electron chi connectivity index (χ2n) is 4.35. The number of rotatable bonds is 2. The molecule has 1 aromatic carbocycles. The number of nitrogen functional groups attached to an aromatic ring is 1. The van der Waals surface area contributed by atoms with Crippen molar-refractivity contribution in [1.29, 1.82) is 0 Å². The number of benzene rings is 1. The molecule has 0 unspecified atom stereocenters. The topological polar surface area (TPSA) is 75.3 Å². The molecule has 0 amide bonds. The van der Waals surface area contributed by atoms with Crippen LogP contribution in [0.25, 0.3) is 0 Å². The molecule has 5 nitrogen and oxygen atoms in total. The molecule has 2 aromatic rings. The van der Waals surface area contributed by atoms with Gasteiger partial charge in [0.05, 0.1) is 11.4 Å². The minimum Gasteiger partial charge on any atom is -0.384 e. The molecule has 0 saturated carbocycles. The fraction of sp³-hybridized carbons (Fsp3) is 0.143. The minimum absolute atomic E-state index is 0. The summed E-state index contributed by atoms with van der Waals surface area (Å²) in [4.78, 5) is 4.28. The third kappa shape index (κ3) is 3.00. The van der Waals surface area contributed by atoms with Crippen LogP contribution in [0.4, 0.5) is 17.3 Å². The number of fused-ring (bicyclic) bond motifs is 1. The van der Waals surface area contributed by atoms with E-state index in [0.29, 0.717) is 5.82 Å². The van der Waals surface area contributed by atoms with Gasteiger partial charge >= 0.3 is 0 Å². The third-order valence-corrected chi connectivity index (χ3v) is 2.98. The number of hydrogen-bond acceptors (Lipinski definition) is 5. The van der Waals surface area contributed by atoms with Crippen LogP contribution in [0.2, 0.25) is 0 Å². The lowest BCUT2D eigenvalue weighted by Crippen LogP contribution is -2.21. The van der Waals surface area contributed by atoms with Gasteiger partial charge in [-0.05, 0) is 24.3 Å². The van der Waals surface area contributed by atoms with Crippen molar-refractivity contribution >= 4 is 35.4 Å². The zero-order chi connectivity index (χ0) is 13.1. The number of aromatic nitrogens is 1. The maximum Gasteiger partial charge on any atom is 0.137 e. The van der Waals surface area contributed by atoms with Crippen LogP contribution in [0, 0.1) is 0 Å². The fourth-order valence-corrected chi connectivity index (χ4v) is 2.04. The van der Waals surface area contributed by atoms with E-state index in [9.17, 15) is 0 Å². The molecule has 4 N–H and O–H groups in total. The van der Waals surface area contributed by atoms with Gasteiger partial charge in [-0.15, -0.1) is 12.4 Å². The first-order chi connectivity index (χ1) is 9.33. The molecule has 20 heavy (non-hydrogen) atoms. The average molecular weight is 290 g/mol. The van der Waals surface area contributed by atoms with Crippen molar-refractivity contribution in [2.24, 2.45) is 5.10 Å². The zero-order valence-electron chi connectivity index (χ0n) is 10.8. The molecule has 0 bridgehead atoms. The standard InChI is InChI=1S/C14H15N5.ClH/c15-13-7-6-11-12(8-9-16-14(11)17-13)19-18-10-4-2-1-3-5-10;/h1-7,18H,8-9H2,(H3,15,16,17);1H/b19-12+;. The largest absolute Gasteiger partial charge is 0.384 e. The summed E-state index contributed by atoms with van der Waals surface area (Å²) in [6, 6.07) is 13.6. The van der Waals surface area contributed by atoms with Crippen LogP contribution in [0.15, 0.2) is 47.6 Å². The normalized spacial score (nSPS) is 14.9. The number of anilines is 3. The Bertz CT molecular complexity index is 612. The summed E-state index contributed by atoms with van der Waals surface area (Å²) in [5.74, 6) is 1.32. The van der Waals surface area contributed by atoms with E-state index >= 15 is 0 Å². The van der Waals surface area contributed by atoms with Gasteiger partial charge in [-0.2, -0.15) is 5.10 Å². The van der Waals surface area contributed by atoms with Crippen molar-refractivity contribution < 1.29 is 0 Å². The van der Waals surface area contributed by atoms with Gasteiger partial charge in [0, 0.05) is 18.5 Å². The summed E-state index contributed by atoms with van der Waals surface area (Å²) in [6.07, 6.45) is 0.860. The van der Waals surface area contributed by atoms with Crippen LogP contribution < -0.4 is 16.5 Å². The van der Waals surface area contributed by atoms with Crippen LogP contribution in [0.1, 0.15) is 12.0 Å². The van der Waals surface area contributed by atoms with Gasteiger partial charge in [-0.25, -0.2) is 4.98 Å². The number of para-hydroxylation sites is 1. The van der Waals surface area contributed by atoms with Crippen LogP contribution in [-0.2, 0) is 0 Å². The Morgan fingerprint density at radius 2 is 1.95 bits per heavy atom. The van der Waals surface area contributed by atoms with Crippen LogP contribution >= 0.6 is 12.4 Å². The number of hydrazone groups is 1. The lowest BCUT2D eigenvalue weighted by Gasteiger charge is -2.19. The number of hydrogen-bond donors (Lipinski definition) is 3. The molecule has 0 fully saturated rings. The van der Waals surface area contributed by atoms with E-state index < -0.39 is 0 Å². The van der Waals surface area contributed by atoms with Gasteiger partial charge in [0.2, 0.25) is 0 Å². The molecule has 2 heterocycles. The highest BCUT2D eigenvalue weighted by Gasteiger charge is 2.16. The van der Waals surface area contributed by atoms with Crippen molar-refractivity contribution in [2.45, 2.75) is 6.42 Å². The van der Waals surface area contributed by atoms with Gasteiger partial charge in [-0.1, -0.05) is 18.2 Å². The van der Waals surface area contributed by atoms with Crippen molar-refractivity contribution in [2.75, 3.05) is 23.0 Å². The molecule has 0 aliphatic carbocycles. The molecular weight excluding hydrogens is 274 g/mol. The zero-order valence-corrected chi connectivity index (χ0v) is 11.7. The Hall–Kier alpha value is -2.27. The Balaban J connectivity index is 0.00000147. The van der Waals surface area contributed by atoms with Gasteiger partial charge in [-0.3, -0.25) is 5.43 Å². The lowest BCUT2D eigenvalue weighted by atomic mass is 10.1. The quantitative estimate of drug-likeness (QED) is 0.743. The Labute approximate surface area is 123 Å². The number of nitrogens with one attached hydrogen (secondary N) is 2. The molecule has 0 spiro atoms. The van der Waals surface area contributed by atoms with Crippen LogP contribution in [-0.4, -0.2) is 17.2 Å². The monoisotopic (exact) mass is 289 g/mol. The van der Waals surface area contributed by atoms with Crippen molar-refractivity contribution in [3.05, 3.63) is 48.0 Å². The highest BCUT2D eigenvalue weighted by Crippen LogP contribution is 2.21. The second kappa shape index (κ2) is 6.25. The van der Waals surface area contributed by atoms with Crippen molar-refractivity contribution in [1.82, 2.24) is 4.98 Å². The van der Waals surface area contributed by atoms with E-state index in [1.165, 1.54) is 0 Å². The maximum atomic E-state index is 5.69. The summed E-state index contributed by atoms with van der Waals surface area (Å²) in [5, 5.41) is 7.70. The molecule has 1 aliphatic rings. The summed E-state index contributed by atoms with van der Waals surface area (Å²) in [7, 11) is 0. The summed E-state index contributed by atoms with van der Waals surface area (Å²) >= 11 is 0. The molecule has 0 radical (unpaired) electrons. The minimum atomic E-state index is 0. The van der Waals surface area contributed by atoms with Gasteiger partial charge < -0.3 is 11.1 Å². The molecule has 0 atom stereocenters. The molecule has 6 heteroatoms. The molecule has 1 aromatic heterocycles. The van der Waals surface area contributed by atoms with E-state index in [0.717, 1.165) is 35.7 Å². The second-order valence-corrected chi connectivity index (χ2v) is 4.35. The van der Waals surface area contributed by atoms with Gasteiger partial charge in [0.15, 0.2) is 0 Å². The number of halogens is 1. The van der Waals surface area contributed by atoms with Crippen LogP contribution in [0.5, 0.6) is 0 Å². The van der Waals surface area contributed by atoms with E-state index in [4.69, 9.17) is 5.73 Å². The first-order valence-corrected chi connectivity index (χ1v) is 6.21. The molecule has 1 aliphatic heterocycles. The van der Waals surface area contributed by atoms with E-state index in [2.05, 4.69) is 20.8 Å². The predicted molar refractivity (Wildman–Crippen MR) is 85.6 cm³/mol. The van der Waals surface area contributed by atoms with E-state index in [1.807, 2.05) is 36.4 Å². The SMILES string of the molecule is Cl.Nc1ccc2c(n1)NCC/C2=N\Nc1ccccc1. The smallest absolute Gasteiger partial charge is 0.137 e. The first kappa shape index (κ1) is 14.1. The van der Waals surface area contributed by atoms with Gasteiger partial charge in [0.25, 0.3) is 0 Å². The first-order valence-electron chi connectivity index (χ1n) is 6.21. The highest BCUT2D eigenvalue weighted by atomic mass is 35.5. The molecule has 0 saturated heterocycles. The predicted octanol–water partition coefficient (Wildman–Crippen LogP) is 2.72.